The van der Waals surface area contributed by atoms with Crippen molar-refractivity contribution in [3.05, 3.63) is 192 Å². The van der Waals surface area contributed by atoms with Crippen LogP contribution in [0.3, 0.4) is 0 Å². The number of benzene rings is 7. The van der Waals surface area contributed by atoms with Crippen LogP contribution in [-0.2, 0) is 16.2 Å². The first-order valence-corrected chi connectivity index (χ1v) is 22.6. The second kappa shape index (κ2) is 17.1. The second-order valence-electron chi connectivity index (χ2n) is 19.1. The first-order valence-electron chi connectivity index (χ1n) is 27.1. The number of rotatable bonds is 9. The third-order valence-electron chi connectivity index (χ3n) is 13.1. The first-order chi connectivity index (χ1) is 35.2. The molecule has 0 aliphatic heterocycles. The quantitative estimate of drug-likeness (QED) is 0.157. The van der Waals surface area contributed by atoms with Crippen molar-refractivity contribution < 1.29 is 17.4 Å². The molecule has 1 N–H and O–H groups in total. The van der Waals surface area contributed by atoms with E-state index < -0.39 is 26.0 Å². The van der Waals surface area contributed by atoms with Crippen molar-refractivity contribution >= 4 is 11.0 Å². The van der Waals surface area contributed by atoms with Crippen LogP contribution >= 0.6 is 0 Å². The zero-order valence-electron chi connectivity index (χ0n) is 47.7. The predicted octanol–water partition coefficient (Wildman–Crippen LogP) is 16.7. The smallest absolute Gasteiger partial charge is 0.149 e. The van der Waals surface area contributed by atoms with Crippen LogP contribution in [-0.4, -0.2) is 19.6 Å². The summed E-state index contributed by atoms with van der Waals surface area (Å²) < 4.78 is 76.2. The molecule has 0 aliphatic rings. The van der Waals surface area contributed by atoms with Gasteiger partial charge in [-0.3, -0.25) is 9.55 Å². The summed E-state index contributed by atoms with van der Waals surface area (Å²) in [7, 11) is 0. The van der Waals surface area contributed by atoms with E-state index in [2.05, 4.69) is 143 Å². The molecule has 4 heteroatoms. The molecule has 2 aromatic heterocycles. The molecule has 2 heterocycles. The summed E-state index contributed by atoms with van der Waals surface area (Å²) in [6, 6.07) is 53.3. The summed E-state index contributed by atoms with van der Waals surface area (Å²) >= 11 is 0. The number of phenols is 1. The van der Waals surface area contributed by atoms with Crippen LogP contribution < -0.4 is 0 Å². The van der Waals surface area contributed by atoms with Crippen molar-refractivity contribution in [3.8, 4) is 78.6 Å². The van der Waals surface area contributed by atoms with Gasteiger partial charge in [0.25, 0.3) is 0 Å². The molecule has 0 amide bonds. The fourth-order valence-electron chi connectivity index (χ4n) is 8.75. The standard InChI is InChI=1S/C62H61N3O/c1-11-62(9,10)49-29-30-55(52(38-49)43-21-16-13-17-22-43)65-56-24-18-23-51(57(56)64-59(65)53-39-50(61(6,7)8)33-40(2)58(53)66)46-34-45(41-19-14-12-15-20-41)35-47(36-46)54-37-44(31-32-63-54)42-25-27-48(28-26-42)60(3,4)5/h12-39,66H,11H2,1-10H3/i3D3,4D3,5D3. The van der Waals surface area contributed by atoms with Crippen LogP contribution in [0.25, 0.3) is 83.9 Å². The molecule has 0 saturated heterocycles. The van der Waals surface area contributed by atoms with E-state index in [4.69, 9.17) is 22.3 Å². The lowest BCUT2D eigenvalue weighted by atomic mass is 9.81. The van der Waals surface area contributed by atoms with E-state index in [1.54, 1.807) is 24.4 Å². The van der Waals surface area contributed by atoms with Gasteiger partial charge in [-0.2, -0.15) is 0 Å². The third-order valence-corrected chi connectivity index (χ3v) is 13.1. The van der Waals surface area contributed by atoms with Gasteiger partial charge in [0.1, 0.15) is 11.6 Å². The number of para-hydroxylation sites is 1. The monoisotopic (exact) mass is 873 g/mol. The van der Waals surface area contributed by atoms with Crippen molar-refractivity contribution in [2.45, 2.75) is 91.7 Å². The molecule has 66 heavy (non-hydrogen) atoms. The maximum absolute atomic E-state index is 12.1. The minimum absolute atomic E-state index is 0.0942. The number of fused-ring (bicyclic) bond motifs is 1. The Morgan fingerprint density at radius 3 is 1.85 bits per heavy atom. The number of nitrogens with zero attached hydrogens (tertiary/aromatic N) is 3. The van der Waals surface area contributed by atoms with Crippen molar-refractivity contribution in [2.75, 3.05) is 0 Å². The number of aromatic nitrogens is 3. The molecule has 0 bridgehead atoms. The van der Waals surface area contributed by atoms with Gasteiger partial charge in [-0.05, 0) is 140 Å². The lowest BCUT2D eigenvalue weighted by molar-refractivity contribution is 0.471. The highest BCUT2D eigenvalue weighted by Crippen LogP contribution is 2.44. The topological polar surface area (TPSA) is 50.9 Å². The number of imidazole rings is 1. The summed E-state index contributed by atoms with van der Waals surface area (Å²) in [6.45, 7) is 5.06. The van der Waals surface area contributed by atoms with Gasteiger partial charge in [0, 0.05) is 35.2 Å². The molecule has 0 aliphatic carbocycles. The maximum atomic E-state index is 12.1. The Morgan fingerprint density at radius 2 is 1.17 bits per heavy atom. The van der Waals surface area contributed by atoms with Gasteiger partial charge in [0.15, 0.2) is 0 Å². The summed E-state index contributed by atoms with van der Waals surface area (Å²) in [5.41, 5.74) is 10.8. The Bertz CT molecular complexity index is 3530. The molecule has 9 rings (SSSR count). The lowest BCUT2D eigenvalue weighted by Crippen LogP contribution is -2.16. The summed E-state index contributed by atoms with van der Waals surface area (Å²) in [5.74, 6) is 0.753. The fourth-order valence-corrected chi connectivity index (χ4v) is 8.75. The van der Waals surface area contributed by atoms with Crippen LogP contribution in [0.5, 0.6) is 5.75 Å². The molecule has 0 spiro atoms. The van der Waals surface area contributed by atoms with Gasteiger partial charge in [-0.15, -0.1) is 0 Å². The average Bonchev–Trinajstić information content (AvgIpc) is 3.78. The van der Waals surface area contributed by atoms with Crippen LogP contribution in [0.15, 0.2) is 170 Å². The summed E-state index contributed by atoms with van der Waals surface area (Å²) in [6.07, 6.45) is 2.63. The normalized spacial score (nSPS) is 14.8. The Morgan fingerprint density at radius 1 is 0.530 bits per heavy atom. The number of aryl methyl sites for hydroxylation is 1. The first kappa shape index (κ1) is 34.3. The molecule has 0 fully saturated rings. The minimum atomic E-state index is -3.37. The maximum Gasteiger partial charge on any atom is 0.149 e. The van der Waals surface area contributed by atoms with E-state index >= 15 is 0 Å². The largest absolute Gasteiger partial charge is 0.507 e. The van der Waals surface area contributed by atoms with Crippen LogP contribution in [0.4, 0.5) is 0 Å². The number of phenolic OH excluding ortho intramolecular Hbond substituents is 1. The number of aromatic hydroxyl groups is 1. The Balaban J connectivity index is 1.27. The van der Waals surface area contributed by atoms with Crippen molar-refractivity contribution in [2.24, 2.45) is 0 Å². The molecule has 0 atom stereocenters. The van der Waals surface area contributed by atoms with E-state index in [1.165, 1.54) is 17.7 Å². The van der Waals surface area contributed by atoms with Crippen molar-refractivity contribution in [1.29, 1.82) is 0 Å². The molecule has 4 nitrogen and oxygen atoms in total. The van der Waals surface area contributed by atoms with Gasteiger partial charge < -0.3 is 5.11 Å². The average molecular weight is 873 g/mol. The predicted molar refractivity (Wildman–Crippen MR) is 279 cm³/mol. The highest BCUT2D eigenvalue weighted by molar-refractivity contribution is 5.98. The summed E-state index contributed by atoms with van der Waals surface area (Å²) in [4.78, 5) is 10.5. The fraction of sp³-hybridized carbons (Fsp3) is 0.226. The van der Waals surface area contributed by atoms with Crippen LogP contribution in [0.2, 0.25) is 0 Å². The molecule has 0 unspecified atom stereocenters. The van der Waals surface area contributed by atoms with E-state index in [9.17, 15) is 5.11 Å². The number of hydrogen-bond donors (Lipinski definition) is 1. The van der Waals surface area contributed by atoms with E-state index in [0.29, 0.717) is 28.2 Å². The van der Waals surface area contributed by atoms with E-state index in [-0.39, 0.29) is 22.1 Å². The van der Waals surface area contributed by atoms with Gasteiger partial charge in [-0.25, -0.2) is 4.98 Å². The zero-order chi connectivity index (χ0) is 54.0. The lowest BCUT2D eigenvalue weighted by Gasteiger charge is -2.26. The molecule has 0 radical (unpaired) electrons. The van der Waals surface area contributed by atoms with Gasteiger partial charge in [0.05, 0.1) is 28.0 Å². The van der Waals surface area contributed by atoms with Crippen LogP contribution in [0.1, 0.15) is 103 Å². The van der Waals surface area contributed by atoms with Crippen LogP contribution in [0, 0.1) is 6.92 Å². The molecule has 9 aromatic rings. The Kier molecular flexibility index (Phi) is 8.88. The highest BCUT2D eigenvalue weighted by Gasteiger charge is 2.27. The summed E-state index contributed by atoms with van der Waals surface area (Å²) in [5, 5.41) is 12.1. The number of pyridine rings is 1. The van der Waals surface area contributed by atoms with Crippen molar-refractivity contribution in [3.63, 3.8) is 0 Å². The Labute approximate surface area is 404 Å². The van der Waals surface area contributed by atoms with E-state index in [0.717, 1.165) is 73.2 Å². The Hall–Kier alpha value is -7.04. The molecular weight excluding hydrogens is 803 g/mol. The van der Waals surface area contributed by atoms with Gasteiger partial charge >= 0.3 is 0 Å². The molecular formula is C62H61N3O. The second-order valence-corrected chi connectivity index (χ2v) is 19.1. The molecule has 330 valence electrons. The number of hydrogen-bond acceptors (Lipinski definition) is 3. The highest BCUT2D eigenvalue weighted by atomic mass is 16.3. The van der Waals surface area contributed by atoms with Gasteiger partial charge in [0.2, 0.25) is 0 Å². The zero-order valence-corrected chi connectivity index (χ0v) is 38.7. The van der Waals surface area contributed by atoms with E-state index in [1.807, 2.05) is 43.3 Å². The minimum Gasteiger partial charge on any atom is -0.507 e. The molecule has 7 aromatic carbocycles. The molecule has 0 saturated carbocycles. The van der Waals surface area contributed by atoms with Gasteiger partial charge in [-0.1, -0.05) is 171 Å². The van der Waals surface area contributed by atoms with Crippen molar-refractivity contribution in [1.82, 2.24) is 14.5 Å². The SMILES string of the molecule is [2H]C([2H])([2H])C(c1ccc(-c2ccnc(-c3cc(-c4ccccc4)cc(-c4cccc5c4nc(-c4cc(C(C)(C)C)cc(C)c4O)n5-c4ccc(C(C)(C)CC)cc4-c4ccccc4)c3)c2)cc1)(C([2H])([2H])[2H])C([2H])([2H])[2H]. The third kappa shape index (κ3) is 8.49.